The Morgan fingerprint density at radius 2 is 1.68 bits per heavy atom. The Hall–Kier alpha value is -2.24. The Labute approximate surface area is 131 Å². The molecule has 0 aliphatic rings. The molecule has 0 saturated carbocycles. The maximum atomic E-state index is 11.0. The monoisotopic (exact) mass is 308 g/mol. The topological polar surface area (TPSA) is 81.1 Å². The third kappa shape index (κ3) is 4.95. The van der Waals surface area contributed by atoms with Crippen LogP contribution in [-0.2, 0) is 9.59 Å². The van der Waals surface area contributed by atoms with Crippen LogP contribution in [0.25, 0.3) is 0 Å². The molecule has 0 atom stereocenters. The lowest BCUT2D eigenvalue weighted by Crippen LogP contribution is -2.32. The minimum Gasteiger partial charge on any atom is -0.481 e. The molecule has 0 amide bonds. The van der Waals surface area contributed by atoms with Crippen molar-refractivity contribution < 1.29 is 19.8 Å². The van der Waals surface area contributed by atoms with Crippen LogP contribution in [0.1, 0.15) is 25.8 Å². The molecule has 22 heavy (non-hydrogen) atoms. The number of anilines is 2. The van der Waals surface area contributed by atoms with E-state index in [4.69, 9.17) is 10.2 Å². The highest BCUT2D eigenvalue weighted by Crippen LogP contribution is 2.26. The van der Waals surface area contributed by atoms with Gasteiger partial charge in [0.05, 0.1) is 6.42 Å². The van der Waals surface area contributed by atoms with E-state index in [1.165, 1.54) is 0 Å². The Bertz CT molecular complexity index is 527. The van der Waals surface area contributed by atoms with Crippen LogP contribution in [0.3, 0.4) is 0 Å². The summed E-state index contributed by atoms with van der Waals surface area (Å²) in [4.78, 5) is 25.6. The molecule has 0 fully saturated rings. The molecule has 1 rings (SSSR count). The number of aliphatic carboxylic acids is 2. The van der Waals surface area contributed by atoms with Gasteiger partial charge in [0.15, 0.2) is 0 Å². The van der Waals surface area contributed by atoms with Crippen molar-refractivity contribution in [2.24, 2.45) is 0 Å². The van der Waals surface area contributed by atoms with E-state index in [2.05, 4.69) is 18.7 Å². The summed E-state index contributed by atoms with van der Waals surface area (Å²) in [5.41, 5.74) is 2.79. The molecule has 0 heterocycles. The number of aryl methyl sites for hydroxylation is 1. The molecule has 0 saturated heterocycles. The average Bonchev–Trinajstić information content (AvgIpc) is 2.44. The number of rotatable bonds is 9. The molecule has 0 bridgehead atoms. The van der Waals surface area contributed by atoms with Crippen LogP contribution >= 0.6 is 0 Å². The first-order valence-electron chi connectivity index (χ1n) is 7.43. The van der Waals surface area contributed by atoms with E-state index >= 15 is 0 Å². The maximum Gasteiger partial charge on any atom is 0.323 e. The fraction of sp³-hybridized carbons (Fsp3) is 0.500. The lowest BCUT2D eigenvalue weighted by molar-refractivity contribution is -0.138. The quantitative estimate of drug-likeness (QED) is 0.728. The van der Waals surface area contributed by atoms with Gasteiger partial charge in [0.1, 0.15) is 6.54 Å². The second-order valence-electron chi connectivity index (χ2n) is 5.10. The van der Waals surface area contributed by atoms with E-state index in [9.17, 15) is 9.59 Å². The first-order valence-corrected chi connectivity index (χ1v) is 7.43. The van der Waals surface area contributed by atoms with Crippen molar-refractivity contribution in [3.05, 3.63) is 23.8 Å². The molecule has 2 N–H and O–H groups in total. The van der Waals surface area contributed by atoms with E-state index in [1.54, 1.807) is 4.90 Å². The van der Waals surface area contributed by atoms with Crippen LogP contribution < -0.4 is 9.80 Å². The van der Waals surface area contributed by atoms with Gasteiger partial charge in [0.2, 0.25) is 0 Å². The Morgan fingerprint density at radius 1 is 1.05 bits per heavy atom. The summed E-state index contributed by atoms with van der Waals surface area (Å²) in [6, 6.07) is 5.83. The van der Waals surface area contributed by atoms with Crippen molar-refractivity contribution in [2.75, 3.05) is 36.0 Å². The minimum atomic E-state index is -0.974. The number of nitrogens with zero attached hydrogens (tertiary/aromatic N) is 2. The van der Waals surface area contributed by atoms with Gasteiger partial charge >= 0.3 is 11.9 Å². The minimum absolute atomic E-state index is 0.0927. The van der Waals surface area contributed by atoms with E-state index in [0.29, 0.717) is 0 Å². The Morgan fingerprint density at radius 3 is 2.14 bits per heavy atom. The van der Waals surface area contributed by atoms with Crippen molar-refractivity contribution in [2.45, 2.75) is 27.2 Å². The molecule has 0 unspecified atom stereocenters. The fourth-order valence-corrected chi connectivity index (χ4v) is 2.46. The maximum absolute atomic E-state index is 11.0. The van der Waals surface area contributed by atoms with Crippen LogP contribution in [0.15, 0.2) is 18.2 Å². The lowest BCUT2D eigenvalue weighted by atomic mass is 10.1. The van der Waals surface area contributed by atoms with Crippen LogP contribution in [0, 0.1) is 6.92 Å². The lowest BCUT2D eigenvalue weighted by Gasteiger charge is -2.27. The van der Waals surface area contributed by atoms with Gasteiger partial charge in [-0.25, -0.2) is 0 Å². The van der Waals surface area contributed by atoms with Crippen molar-refractivity contribution >= 4 is 23.3 Å². The molecule has 0 radical (unpaired) electrons. The molecule has 122 valence electrons. The summed E-state index contributed by atoms with van der Waals surface area (Å²) >= 11 is 0. The summed E-state index contributed by atoms with van der Waals surface area (Å²) in [5.74, 6) is -1.91. The third-order valence-electron chi connectivity index (χ3n) is 3.57. The second-order valence-corrected chi connectivity index (χ2v) is 5.10. The molecule has 0 aromatic heterocycles. The Kier molecular flexibility index (Phi) is 6.69. The summed E-state index contributed by atoms with van der Waals surface area (Å²) in [6.07, 6.45) is -0.0927. The zero-order valence-electron chi connectivity index (χ0n) is 13.4. The summed E-state index contributed by atoms with van der Waals surface area (Å²) in [7, 11) is 0. The molecular weight excluding hydrogens is 284 g/mol. The predicted octanol–water partition coefficient (Wildman–Crippen LogP) is 2.21. The molecule has 6 nitrogen and oxygen atoms in total. The number of hydrogen-bond acceptors (Lipinski definition) is 4. The molecule has 6 heteroatoms. The number of carbonyl (C=O) groups is 2. The van der Waals surface area contributed by atoms with Gasteiger partial charge in [-0.05, 0) is 44.5 Å². The first-order chi connectivity index (χ1) is 10.4. The summed E-state index contributed by atoms with van der Waals surface area (Å²) < 4.78 is 0. The summed E-state index contributed by atoms with van der Waals surface area (Å²) in [6.45, 7) is 7.83. The van der Waals surface area contributed by atoms with Gasteiger partial charge in [-0.3, -0.25) is 9.59 Å². The van der Waals surface area contributed by atoms with E-state index in [-0.39, 0.29) is 19.5 Å². The fourth-order valence-electron chi connectivity index (χ4n) is 2.46. The Balaban J connectivity index is 3.03. The largest absolute Gasteiger partial charge is 0.481 e. The highest BCUT2D eigenvalue weighted by molar-refractivity contribution is 5.76. The zero-order chi connectivity index (χ0) is 16.7. The highest BCUT2D eigenvalue weighted by atomic mass is 16.4. The smallest absolute Gasteiger partial charge is 0.323 e. The van der Waals surface area contributed by atoms with E-state index < -0.39 is 11.9 Å². The number of hydrogen-bond donors (Lipinski definition) is 2. The predicted molar refractivity (Wildman–Crippen MR) is 86.8 cm³/mol. The molecule has 0 aliphatic carbocycles. The van der Waals surface area contributed by atoms with Crippen molar-refractivity contribution in [3.63, 3.8) is 0 Å². The van der Waals surface area contributed by atoms with Gasteiger partial charge in [0, 0.05) is 31.0 Å². The van der Waals surface area contributed by atoms with Crippen molar-refractivity contribution in [3.8, 4) is 0 Å². The van der Waals surface area contributed by atoms with Gasteiger partial charge in [-0.1, -0.05) is 0 Å². The number of benzene rings is 1. The van der Waals surface area contributed by atoms with Gasteiger partial charge in [-0.15, -0.1) is 0 Å². The highest BCUT2D eigenvalue weighted by Gasteiger charge is 2.15. The van der Waals surface area contributed by atoms with Crippen LogP contribution in [0.2, 0.25) is 0 Å². The van der Waals surface area contributed by atoms with Crippen LogP contribution in [0.5, 0.6) is 0 Å². The number of carboxylic acids is 2. The van der Waals surface area contributed by atoms with Gasteiger partial charge < -0.3 is 20.0 Å². The normalized spacial score (nSPS) is 10.3. The second kappa shape index (κ2) is 8.26. The van der Waals surface area contributed by atoms with E-state index in [1.807, 2.05) is 25.1 Å². The molecule has 0 spiro atoms. The molecule has 1 aromatic carbocycles. The van der Waals surface area contributed by atoms with Crippen LogP contribution in [0.4, 0.5) is 11.4 Å². The van der Waals surface area contributed by atoms with Crippen molar-refractivity contribution in [1.29, 1.82) is 0 Å². The third-order valence-corrected chi connectivity index (χ3v) is 3.57. The molecular formula is C16H24N2O4. The standard InChI is InChI=1S/C16H24N2O4/c1-4-17(5-2)13-6-7-14(12(3)10-13)18(11-16(21)22)9-8-15(19)20/h6-7,10H,4-5,8-9,11H2,1-3H3,(H,19,20)(H,21,22). The first kappa shape index (κ1) is 17.8. The zero-order valence-corrected chi connectivity index (χ0v) is 13.4. The van der Waals surface area contributed by atoms with Crippen molar-refractivity contribution in [1.82, 2.24) is 0 Å². The van der Waals surface area contributed by atoms with Gasteiger partial charge in [0.25, 0.3) is 0 Å². The van der Waals surface area contributed by atoms with Gasteiger partial charge in [-0.2, -0.15) is 0 Å². The molecule has 0 aliphatic heterocycles. The average molecular weight is 308 g/mol. The summed E-state index contributed by atoms with van der Waals surface area (Å²) in [5, 5.41) is 17.8. The van der Waals surface area contributed by atoms with Crippen LogP contribution in [-0.4, -0.2) is 48.3 Å². The van der Waals surface area contributed by atoms with E-state index in [0.717, 1.165) is 30.0 Å². The molecule has 1 aromatic rings. The SMILES string of the molecule is CCN(CC)c1ccc(N(CCC(=O)O)CC(=O)O)c(C)c1. The number of carboxylic acid groups (broad SMARTS) is 2.